The minimum atomic E-state index is -0.210. The monoisotopic (exact) mass is 254 g/mol. The van der Waals surface area contributed by atoms with E-state index in [1.807, 2.05) is 31.9 Å². The van der Waals surface area contributed by atoms with E-state index in [2.05, 4.69) is 5.32 Å². The number of halogens is 1. The highest BCUT2D eigenvalue weighted by molar-refractivity contribution is 5.55. The van der Waals surface area contributed by atoms with Crippen LogP contribution in [-0.4, -0.2) is 31.9 Å². The Morgan fingerprint density at radius 3 is 2.78 bits per heavy atom. The average Bonchev–Trinajstić information content (AvgIpc) is 2.35. The molecule has 0 bridgehead atoms. The van der Waals surface area contributed by atoms with E-state index in [-0.39, 0.29) is 18.5 Å². The number of aliphatic hydroxyl groups excluding tert-OH is 1. The predicted molar refractivity (Wildman–Crippen MR) is 73.5 cm³/mol. The molecule has 0 fully saturated rings. The molecule has 0 saturated heterocycles. The Balaban J connectivity index is 2.99. The summed E-state index contributed by atoms with van der Waals surface area (Å²) in [6.45, 7) is 5.67. The van der Waals surface area contributed by atoms with Gasteiger partial charge in [0.1, 0.15) is 5.82 Å². The summed E-state index contributed by atoms with van der Waals surface area (Å²) in [5.74, 6) is -0.210. The fraction of sp³-hybridized carbons (Fsp3) is 0.571. The van der Waals surface area contributed by atoms with Gasteiger partial charge < -0.3 is 15.3 Å². The van der Waals surface area contributed by atoms with Crippen LogP contribution in [0.2, 0.25) is 0 Å². The Morgan fingerprint density at radius 2 is 2.17 bits per heavy atom. The van der Waals surface area contributed by atoms with Gasteiger partial charge in [0.15, 0.2) is 0 Å². The molecule has 0 saturated carbocycles. The van der Waals surface area contributed by atoms with E-state index in [1.54, 1.807) is 6.07 Å². The molecule has 1 aromatic carbocycles. The van der Waals surface area contributed by atoms with Crippen molar-refractivity contribution in [3.05, 3.63) is 29.6 Å². The summed E-state index contributed by atoms with van der Waals surface area (Å²) in [5, 5.41) is 12.2. The maximum absolute atomic E-state index is 14.0. The third-order valence-electron chi connectivity index (χ3n) is 3.03. The van der Waals surface area contributed by atoms with Crippen molar-refractivity contribution in [1.29, 1.82) is 0 Å². The first-order valence-electron chi connectivity index (χ1n) is 6.45. The summed E-state index contributed by atoms with van der Waals surface area (Å²) in [6.07, 6.45) is 0.639. The molecule has 0 amide bonds. The van der Waals surface area contributed by atoms with E-state index in [9.17, 15) is 4.39 Å². The van der Waals surface area contributed by atoms with Crippen molar-refractivity contribution in [1.82, 2.24) is 5.32 Å². The van der Waals surface area contributed by atoms with Gasteiger partial charge in [-0.15, -0.1) is 0 Å². The lowest BCUT2D eigenvalue weighted by atomic mass is 10.0. The van der Waals surface area contributed by atoms with E-state index in [4.69, 9.17) is 5.11 Å². The lowest BCUT2D eigenvalue weighted by Crippen LogP contribution is -2.25. The summed E-state index contributed by atoms with van der Waals surface area (Å²) in [4.78, 5) is 1.87. The molecule has 18 heavy (non-hydrogen) atoms. The Bertz CT molecular complexity index is 371. The van der Waals surface area contributed by atoms with Gasteiger partial charge in [-0.1, -0.05) is 19.1 Å². The van der Waals surface area contributed by atoms with E-state index >= 15 is 0 Å². The fourth-order valence-electron chi connectivity index (χ4n) is 2.12. The van der Waals surface area contributed by atoms with Crippen LogP contribution in [0.25, 0.3) is 0 Å². The number of nitrogens with one attached hydrogen (secondary N) is 1. The zero-order valence-corrected chi connectivity index (χ0v) is 11.4. The summed E-state index contributed by atoms with van der Waals surface area (Å²) in [5.41, 5.74) is 1.58. The van der Waals surface area contributed by atoms with Crippen molar-refractivity contribution in [3.8, 4) is 0 Å². The van der Waals surface area contributed by atoms with Gasteiger partial charge in [0.25, 0.3) is 0 Å². The highest BCUT2D eigenvalue weighted by atomic mass is 19.1. The Kier molecular flexibility index (Phi) is 6.09. The summed E-state index contributed by atoms with van der Waals surface area (Å²) < 4.78 is 14.0. The van der Waals surface area contributed by atoms with Crippen LogP contribution in [0.5, 0.6) is 0 Å². The molecule has 2 N–H and O–H groups in total. The van der Waals surface area contributed by atoms with Gasteiger partial charge in [-0.25, -0.2) is 4.39 Å². The molecule has 1 aromatic rings. The number of hydrogen-bond donors (Lipinski definition) is 2. The molecule has 102 valence electrons. The second-order valence-electron chi connectivity index (χ2n) is 4.46. The normalized spacial score (nSPS) is 12.5. The van der Waals surface area contributed by atoms with Crippen molar-refractivity contribution in [2.24, 2.45) is 0 Å². The summed E-state index contributed by atoms with van der Waals surface area (Å²) >= 11 is 0. The van der Waals surface area contributed by atoms with E-state index < -0.39 is 0 Å². The number of aliphatic hydroxyl groups is 1. The minimum absolute atomic E-state index is 0.109. The molecular weight excluding hydrogens is 231 g/mol. The van der Waals surface area contributed by atoms with Crippen molar-refractivity contribution in [2.45, 2.75) is 26.3 Å². The standard InChI is InChI=1S/C14H23FN2O/c1-4-16-11(2)12-7-5-8-13(15)14(12)17(3)9-6-10-18/h5,7-8,11,16,18H,4,6,9-10H2,1-3H3. The molecule has 1 atom stereocenters. The topological polar surface area (TPSA) is 35.5 Å². The van der Waals surface area contributed by atoms with Crippen molar-refractivity contribution < 1.29 is 9.50 Å². The highest BCUT2D eigenvalue weighted by Crippen LogP contribution is 2.28. The smallest absolute Gasteiger partial charge is 0.146 e. The van der Waals surface area contributed by atoms with Crippen molar-refractivity contribution in [3.63, 3.8) is 0 Å². The van der Waals surface area contributed by atoms with Gasteiger partial charge in [0, 0.05) is 26.2 Å². The molecule has 0 aromatic heterocycles. The lowest BCUT2D eigenvalue weighted by molar-refractivity contribution is 0.290. The molecular formula is C14H23FN2O. The lowest BCUT2D eigenvalue weighted by Gasteiger charge is -2.25. The molecule has 0 aliphatic rings. The SMILES string of the molecule is CCNC(C)c1cccc(F)c1N(C)CCCO. The molecule has 1 rings (SSSR count). The fourth-order valence-corrected chi connectivity index (χ4v) is 2.12. The number of nitrogens with zero attached hydrogens (tertiary/aromatic N) is 1. The maximum Gasteiger partial charge on any atom is 0.146 e. The molecule has 0 spiro atoms. The van der Waals surface area contributed by atoms with Crippen LogP contribution in [-0.2, 0) is 0 Å². The van der Waals surface area contributed by atoms with Gasteiger partial charge in [-0.2, -0.15) is 0 Å². The van der Waals surface area contributed by atoms with Crippen LogP contribution >= 0.6 is 0 Å². The summed E-state index contributed by atoms with van der Waals surface area (Å²) in [6, 6.07) is 5.27. The van der Waals surface area contributed by atoms with Crippen LogP contribution in [0.4, 0.5) is 10.1 Å². The highest BCUT2D eigenvalue weighted by Gasteiger charge is 2.16. The zero-order valence-electron chi connectivity index (χ0n) is 11.4. The molecule has 0 heterocycles. The summed E-state index contributed by atoms with van der Waals surface area (Å²) in [7, 11) is 1.86. The minimum Gasteiger partial charge on any atom is -0.396 e. The second kappa shape index (κ2) is 7.34. The van der Waals surface area contributed by atoms with Crippen LogP contribution in [0, 0.1) is 5.82 Å². The molecule has 3 nitrogen and oxygen atoms in total. The molecule has 1 unspecified atom stereocenters. The molecule has 0 radical (unpaired) electrons. The zero-order chi connectivity index (χ0) is 13.5. The molecule has 0 aliphatic carbocycles. The number of hydrogen-bond acceptors (Lipinski definition) is 3. The van der Waals surface area contributed by atoms with E-state index in [0.717, 1.165) is 12.1 Å². The molecule has 4 heteroatoms. The Morgan fingerprint density at radius 1 is 1.44 bits per heavy atom. The van der Waals surface area contributed by atoms with Gasteiger partial charge in [0.2, 0.25) is 0 Å². The third-order valence-corrected chi connectivity index (χ3v) is 3.03. The van der Waals surface area contributed by atoms with Crippen molar-refractivity contribution in [2.75, 3.05) is 31.6 Å². The Hall–Kier alpha value is -1.13. The quantitative estimate of drug-likeness (QED) is 0.784. The van der Waals surface area contributed by atoms with Crippen LogP contribution in [0.15, 0.2) is 18.2 Å². The average molecular weight is 254 g/mol. The van der Waals surface area contributed by atoms with Crippen LogP contribution < -0.4 is 10.2 Å². The van der Waals surface area contributed by atoms with Crippen molar-refractivity contribution >= 4 is 5.69 Å². The van der Waals surface area contributed by atoms with Gasteiger partial charge in [-0.05, 0) is 31.5 Å². The largest absolute Gasteiger partial charge is 0.396 e. The first kappa shape index (κ1) is 14.9. The number of benzene rings is 1. The Labute approximate surface area is 109 Å². The number of anilines is 1. The number of para-hydroxylation sites is 1. The first-order valence-corrected chi connectivity index (χ1v) is 6.45. The van der Waals surface area contributed by atoms with Gasteiger partial charge in [-0.3, -0.25) is 0 Å². The van der Waals surface area contributed by atoms with Gasteiger partial charge in [0.05, 0.1) is 5.69 Å². The third kappa shape index (κ3) is 3.68. The number of rotatable bonds is 7. The van der Waals surface area contributed by atoms with E-state index in [0.29, 0.717) is 18.7 Å². The van der Waals surface area contributed by atoms with Gasteiger partial charge >= 0.3 is 0 Å². The second-order valence-corrected chi connectivity index (χ2v) is 4.46. The van der Waals surface area contributed by atoms with Crippen LogP contribution in [0.3, 0.4) is 0 Å². The predicted octanol–water partition coefficient (Wildman–Crippen LogP) is 2.31. The maximum atomic E-state index is 14.0. The van der Waals surface area contributed by atoms with Crippen LogP contribution in [0.1, 0.15) is 31.9 Å². The molecule has 0 aliphatic heterocycles. The first-order chi connectivity index (χ1) is 8.61. The van der Waals surface area contributed by atoms with E-state index in [1.165, 1.54) is 6.07 Å².